The molecule has 0 aromatic carbocycles. The van der Waals surface area contributed by atoms with Crippen LogP contribution in [0.2, 0.25) is 0 Å². The van der Waals surface area contributed by atoms with Crippen LogP contribution in [-0.4, -0.2) is 21.7 Å². The first-order valence-electron chi connectivity index (χ1n) is 5.84. The smallest absolute Gasteiger partial charge is 0.274 e. The van der Waals surface area contributed by atoms with Gasteiger partial charge in [0.1, 0.15) is 0 Å². The Balaban J connectivity index is 2.04. The van der Waals surface area contributed by atoms with Gasteiger partial charge in [-0.05, 0) is 19.8 Å². The SMILES string of the molecule is CCn1cc(N)c(C(=O)NC2CCCC2)n1. The Morgan fingerprint density at radius 3 is 2.88 bits per heavy atom. The molecule has 0 aliphatic heterocycles. The number of anilines is 1. The molecule has 1 aromatic heterocycles. The fourth-order valence-electron chi connectivity index (χ4n) is 2.10. The molecule has 1 aromatic rings. The van der Waals surface area contributed by atoms with Crippen molar-refractivity contribution in [3.8, 4) is 0 Å². The van der Waals surface area contributed by atoms with E-state index in [2.05, 4.69) is 10.4 Å². The van der Waals surface area contributed by atoms with Crippen molar-refractivity contribution >= 4 is 11.6 Å². The molecule has 16 heavy (non-hydrogen) atoms. The lowest BCUT2D eigenvalue weighted by atomic mass is 10.2. The summed E-state index contributed by atoms with van der Waals surface area (Å²) < 4.78 is 1.68. The summed E-state index contributed by atoms with van der Waals surface area (Å²) in [5, 5.41) is 7.13. The number of amides is 1. The number of nitrogen functional groups attached to an aromatic ring is 1. The first kappa shape index (κ1) is 11.0. The van der Waals surface area contributed by atoms with Gasteiger partial charge in [-0.3, -0.25) is 9.48 Å². The zero-order chi connectivity index (χ0) is 11.5. The Kier molecular flexibility index (Phi) is 3.12. The highest BCUT2D eigenvalue weighted by Crippen LogP contribution is 2.18. The minimum absolute atomic E-state index is 0.142. The molecule has 1 fully saturated rings. The maximum Gasteiger partial charge on any atom is 0.274 e. The molecule has 1 aliphatic rings. The van der Waals surface area contributed by atoms with Crippen LogP contribution in [0.1, 0.15) is 43.1 Å². The maximum absolute atomic E-state index is 11.9. The van der Waals surface area contributed by atoms with Crippen LogP contribution in [0.3, 0.4) is 0 Å². The first-order valence-corrected chi connectivity index (χ1v) is 5.84. The number of rotatable bonds is 3. The molecule has 0 radical (unpaired) electrons. The van der Waals surface area contributed by atoms with Crippen molar-refractivity contribution in [2.45, 2.75) is 45.2 Å². The van der Waals surface area contributed by atoms with Gasteiger partial charge in [0.05, 0.1) is 5.69 Å². The quantitative estimate of drug-likeness (QED) is 0.806. The number of aromatic nitrogens is 2. The molecule has 2 rings (SSSR count). The van der Waals surface area contributed by atoms with Crippen LogP contribution in [0.15, 0.2) is 6.20 Å². The molecule has 88 valence electrons. The first-order chi connectivity index (χ1) is 7.70. The van der Waals surface area contributed by atoms with Gasteiger partial charge in [-0.2, -0.15) is 5.10 Å². The number of nitrogens with two attached hydrogens (primary N) is 1. The van der Waals surface area contributed by atoms with Crippen LogP contribution in [0.25, 0.3) is 0 Å². The van der Waals surface area contributed by atoms with E-state index in [0.29, 0.717) is 17.4 Å². The molecule has 1 aliphatic carbocycles. The number of hydrogen-bond acceptors (Lipinski definition) is 3. The lowest BCUT2D eigenvalue weighted by molar-refractivity contribution is 0.0933. The standard InChI is InChI=1S/C11H18N4O/c1-2-15-7-9(12)10(14-15)11(16)13-8-5-3-4-6-8/h7-8H,2-6,12H2,1H3,(H,13,16). The minimum Gasteiger partial charge on any atom is -0.396 e. The van der Waals surface area contributed by atoms with Gasteiger partial charge in [-0.15, -0.1) is 0 Å². The Labute approximate surface area is 95.0 Å². The largest absolute Gasteiger partial charge is 0.396 e. The summed E-state index contributed by atoms with van der Waals surface area (Å²) in [5.74, 6) is -0.142. The van der Waals surface area contributed by atoms with Crippen molar-refractivity contribution in [2.24, 2.45) is 0 Å². The second-order valence-electron chi connectivity index (χ2n) is 4.24. The number of hydrogen-bond donors (Lipinski definition) is 2. The van der Waals surface area contributed by atoms with Crippen LogP contribution >= 0.6 is 0 Å². The van der Waals surface area contributed by atoms with Gasteiger partial charge in [-0.1, -0.05) is 12.8 Å². The van der Waals surface area contributed by atoms with E-state index in [1.54, 1.807) is 10.9 Å². The summed E-state index contributed by atoms with van der Waals surface area (Å²) in [5.41, 5.74) is 6.56. The van der Waals surface area contributed by atoms with Crippen molar-refractivity contribution in [1.29, 1.82) is 0 Å². The van der Waals surface area contributed by atoms with Gasteiger partial charge in [0.2, 0.25) is 0 Å². The summed E-state index contributed by atoms with van der Waals surface area (Å²) >= 11 is 0. The van der Waals surface area contributed by atoms with E-state index in [1.807, 2.05) is 6.92 Å². The van der Waals surface area contributed by atoms with E-state index in [1.165, 1.54) is 12.8 Å². The van der Waals surface area contributed by atoms with Crippen molar-refractivity contribution in [2.75, 3.05) is 5.73 Å². The average molecular weight is 222 g/mol. The molecule has 1 amide bonds. The molecule has 0 bridgehead atoms. The van der Waals surface area contributed by atoms with Crippen LogP contribution < -0.4 is 11.1 Å². The number of nitrogens with zero attached hydrogens (tertiary/aromatic N) is 2. The number of carbonyl (C=O) groups is 1. The third-order valence-electron chi connectivity index (χ3n) is 3.02. The van der Waals surface area contributed by atoms with Gasteiger partial charge >= 0.3 is 0 Å². The fourth-order valence-corrected chi connectivity index (χ4v) is 2.10. The normalized spacial score (nSPS) is 16.6. The lowest BCUT2D eigenvalue weighted by Gasteiger charge is -2.10. The minimum atomic E-state index is -0.142. The zero-order valence-corrected chi connectivity index (χ0v) is 9.57. The van der Waals surface area contributed by atoms with Crippen LogP contribution in [-0.2, 0) is 6.54 Å². The van der Waals surface area contributed by atoms with Crippen LogP contribution in [0, 0.1) is 0 Å². The number of aryl methyl sites for hydroxylation is 1. The zero-order valence-electron chi connectivity index (χ0n) is 9.57. The second-order valence-corrected chi connectivity index (χ2v) is 4.24. The van der Waals surface area contributed by atoms with Gasteiger partial charge in [0.15, 0.2) is 5.69 Å². The van der Waals surface area contributed by atoms with E-state index in [4.69, 9.17) is 5.73 Å². The summed E-state index contributed by atoms with van der Waals surface area (Å²) in [7, 11) is 0. The summed E-state index contributed by atoms with van der Waals surface area (Å²) in [6.07, 6.45) is 6.23. The lowest BCUT2D eigenvalue weighted by Crippen LogP contribution is -2.33. The summed E-state index contributed by atoms with van der Waals surface area (Å²) in [6, 6.07) is 0.304. The van der Waals surface area contributed by atoms with E-state index in [-0.39, 0.29) is 5.91 Å². The third-order valence-corrected chi connectivity index (χ3v) is 3.02. The highest BCUT2D eigenvalue weighted by molar-refractivity contribution is 5.97. The molecule has 5 heteroatoms. The predicted octanol–water partition coefficient (Wildman–Crippen LogP) is 1.16. The van der Waals surface area contributed by atoms with Gasteiger partial charge in [0, 0.05) is 18.8 Å². The van der Waals surface area contributed by atoms with Crippen molar-refractivity contribution < 1.29 is 4.79 Å². The highest BCUT2D eigenvalue weighted by Gasteiger charge is 2.21. The Hall–Kier alpha value is -1.52. The van der Waals surface area contributed by atoms with E-state index < -0.39 is 0 Å². The van der Waals surface area contributed by atoms with E-state index >= 15 is 0 Å². The Bertz CT molecular complexity index is 379. The van der Waals surface area contributed by atoms with Crippen LogP contribution in [0.4, 0.5) is 5.69 Å². The molecule has 3 N–H and O–H groups in total. The molecule has 0 spiro atoms. The van der Waals surface area contributed by atoms with Crippen molar-refractivity contribution in [1.82, 2.24) is 15.1 Å². The summed E-state index contributed by atoms with van der Waals surface area (Å²) in [6.45, 7) is 2.69. The monoisotopic (exact) mass is 222 g/mol. The average Bonchev–Trinajstić information content (AvgIpc) is 2.87. The Morgan fingerprint density at radius 2 is 2.31 bits per heavy atom. The third kappa shape index (κ3) is 2.18. The molecule has 0 atom stereocenters. The maximum atomic E-state index is 11.9. The van der Waals surface area contributed by atoms with Crippen LogP contribution in [0.5, 0.6) is 0 Å². The van der Waals surface area contributed by atoms with Crippen molar-refractivity contribution in [3.63, 3.8) is 0 Å². The molecular weight excluding hydrogens is 204 g/mol. The summed E-state index contributed by atoms with van der Waals surface area (Å²) in [4.78, 5) is 11.9. The van der Waals surface area contributed by atoms with E-state index in [9.17, 15) is 4.79 Å². The highest BCUT2D eigenvalue weighted by atomic mass is 16.2. The van der Waals surface area contributed by atoms with Crippen molar-refractivity contribution in [3.05, 3.63) is 11.9 Å². The molecule has 0 saturated heterocycles. The van der Waals surface area contributed by atoms with Gasteiger partial charge in [-0.25, -0.2) is 0 Å². The molecule has 1 heterocycles. The molecular formula is C11H18N4O. The van der Waals surface area contributed by atoms with Gasteiger partial charge in [0.25, 0.3) is 5.91 Å². The fraction of sp³-hybridized carbons (Fsp3) is 0.636. The van der Waals surface area contributed by atoms with Gasteiger partial charge < -0.3 is 11.1 Å². The molecule has 0 unspecified atom stereocenters. The number of carbonyl (C=O) groups excluding carboxylic acids is 1. The second kappa shape index (κ2) is 4.55. The number of nitrogens with one attached hydrogen (secondary N) is 1. The predicted molar refractivity (Wildman–Crippen MR) is 62.0 cm³/mol. The molecule has 5 nitrogen and oxygen atoms in total. The van der Waals surface area contributed by atoms with E-state index in [0.717, 1.165) is 19.4 Å². The topological polar surface area (TPSA) is 72.9 Å². The molecule has 1 saturated carbocycles. The Morgan fingerprint density at radius 1 is 1.62 bits per heavy atom.